The SMILES string of the molecule is C#C.C#C.CC.CC.CC(C)C(CCC(C)C1CCC2C3CCC4C[C@@H](C)CC[C@]4(C)C3CC[C@]12C)OS(=O)(=O)O. The Morgan fingerprint density at radius 2 is 1.34 bits per heavy atom. The molecule has 240 valence electrons. The van der Waals surface area contributed by atoms with Crippen molar-refractivity contribution in [3.8, 4) is 25.7 Å². The molecule has 1 N–H and O–H groups in total. The summed E-state index contributed by atoms with van der Waals surface area (Å²) in [4.78, 5) is 0. The van der Waals surface area contributed by atoms with E-state index in [0.717, 1.165) is 41.9 Å². The Hall–Kier alpha value is -1.01. The van der Waals surface area contributed by atoms with E-state index in [4.69, 9.17) is 4.18 Å². The molecule has 4 rings (SSSR count). The standard InChI is InChI=1S/C28H50O4S.2C2H6.2C2H2/c1-18(2)26(32-33(29,30)31)12-7-20(4)23-10-11-24-22-9-8-21-17-19(3)13-15-27(21,5)25(22)14-16-28(23,24)6;4*1-2/h18-26H,7-17H2,1-6H3,(H,29,30,31);2*1-2H3;2*1-2H/t19-,20?,21?,22?,23?,24?,25?,26?,27-,28+;;;;/m0..../s1. The van der Waals surface area contributed by atoms with Crippen LogP contribution in [0, 0.1) is 83.9 Å². The summed E-state index contributed by atoms with van der Waals surface area (Å²) in [5.41, 5.74) is 1.01. The molecule has 0 spiro atoms. The van der Waals surface area contributed by atoms with E-state index >= 15 is 0 Å². The fraction of sp³-hybridized carbons (Fsp3) is 0.889. The van der Waals surface area contributed by atoms with Gasteiger partial charge in [0.2, 0.25) is 0 Å². The first-order valence-electron chi connectivity index (χ1n) is 16.7. The molecule has 4 nitrogen and oxygen atoms in total. The van der Waals surface area contributed by atoms with E-state index in [1.807, 2.05) is 41.5 Å². The minimum Gasteiger partial charge on any atom is -0.264 e. The van der Waals surface area contributed by atoms with Crippen LogP contribution in [0.15, 0.2) is 0 Å². The van der Waals surface area contributed by atoms with E-state index in [1.165, 1.54) is 57.8 Å². The lowest BCUT2D eigenvalue weighted by molar-refractivity contribution is -0.120. The Bertz CT molecular complexity index is 871. The molecule has 7 unspecified atom stereocenters. The van der Waals surface area contributed by atoms with Gasteiger partial charge in [-0.15, -0.1) is 25.7 Å². The van der Waals surface area contributed by atoms with Crippen molar-refractivity contribution in [3.63, 3.8) is 0 Å². The van der Waals surface area contributed by atoms with Crippen LogP contribution in [0.3, 0.4) is 0 Å². The van der Waals surface area contributed by atoms with Crippen molar-refractivity contribution >= 4 is 10.4 Å². The second-order valence-corrected chi connectivity index (χ2v) is 14.7. The van der Waals surface area contributed by atoms with Crippen LogP contribution in [0.5, 0.6) is 0 Å². The maximum Gasteiger partial charge on any atom is 0.397 e. The zero-order valence-corrected chi connectivity index (χ0v) is 29.2. The number of hydrogen-bond donors (Lipinski definition) is 1. The van der Waals surface area contributed by atoms with Crippen LogP contribution < -0.4 is 0 Å². The molecule has 0 aromatic heterocycles. The van der Waals surface area contributed by atoms with Crippen LogP contribution in [-0.2, 0) is 14.6 Å². The van der Waals surface area contributed by atoms with Gasteiger partial charge >= 0.3 is 10.4 Å². The summed E-state index contributed by atoms with van der Waals surface area (Å²) in [6, 6.07) is 0. The smallest absolute Gasteiger partial charge is 0.264 e. The molecule has 4 fully saturated rings. The van der Waals surface area contributed by atoms with E-state index in [2.05, 4.69) is 53.4 Å². The normalized spacial score (nSPS) is 36.8. The minimum atomic E-state index is -4.40. The summed E-state index contributed by atoms with van der Waals surface area (Å²) >= 11 is 0. The number of fused-ring (bicyclic) bond motifs is 5. The molecule has 5 heteroatoms. The van der Waals surface area contributed by atoms with Gasteiger partial charge < -0.3 is 0 Å². The summed E-state index contributed by atoms with van der Waals surface area (Å²) in [6.07, 6.45) is 30.0. The van der Waals surface area contributed by atoms with Crippen molar-refractivity contribution in [1.29, 1.82) is 0 Å². The zero-order valence-electron chi connectivity index (χ0n) is 28.4. The molecule has 0 bridgehead atoms. The third-order valence-electron chi connectivity index (χ3n) is 11.6. The van der Waals surface area contributed by atoms with Crippen molar-refractivity contribution in [3.05, 3.63) is 0 Å². The highest BCUT2D eigenvalue weighted by molar-refractivity contribution is 7.80. The molecule has 0 radical (unpaired) electrons. The third-order valence-corrected chi connectivity index (χ3v) is 12.1. The highest BCUT2D eigenvalue weighted by atomic mass is 32.3. The van der Waals surface area contributed by atoms with Gasteiger partial charge in [-0.2, -0.15) is 8.42 Å². The zero-order chi connectivity index (χ0) is 32.2. The van der Waals surface area contributed by atoms with Crippen LogP contribution in [0.1, 0.15) is 140 Å². The maximum atomic E-state index is 11.3. The fourth-order valence-electron chi connectivity index (χ4n) is 9.72. The first kappa shape index (κ1) is 40.0. The summed E-state index contributed by atoms with van der Waals surface area (Å²) in [6.45, 7) is 22.1. The topological polar surface area (TPSA) is 63.6 Å². The Balaban J connectivity index is 0.00000184. The van der Waals surface area contributed by atoms with Crippen LogP contribution in [0.2, 0.25) is 0 Å². The monoisotopic (exact) mass is 594 g/mol. The molecule has 0 saturated heterocycles. The quantitative estimate of drug-likeness (QED) is 0.235. The predicted molar refractivity (Wildman–Crippen MR) is 177 cm³/mol. The Labute approximate surface area is 256 Å². The van der Waals surface area contributed by atoms with Crippen LogP contribution >= 0.6 is 0 Å². The lowest BCUT2D eigenvalue weighted by atomic mass is 9.44. The Morgan fingerprint density at radius 3 is 1.88 bits per heavy atom. The van der Waals surface area contributed by atoms with Crippen LogP contribution in [-0.4, -0.2) is 19.1 Å². The minimum absolute atomic E-state index is 0.0654. The van der Waals surface area contributed by atoms with Gasteiger partial charge in [-0.25, -0.2) is 4.18 Å². The first-order valence-corrected chi connectivity index (χ1v) is 18.0. The molecule has 0 aromatic carbocycles. The molecule has 4 aliphatic rings. The number of rotatable bonds is 7. The molecule has 0 aromatic rings. The molecule has 10 atom stereocenters. The van der Waals surface area contributed by atoms with Gasteiger partial charge in [0.15, 0.2) is 0 Å². The van der Waals surface area contributed by atoms with Gasteiger partial charge in [0.1, 0.15) is 0 Å². The summed E-state index contributed by atoms with van der Waals surface area (Å²) in [7, 11) is -4.40. The largest absolute Gasteiger partial charge is 0.397 e. The van der Waals surface area contributed by atoms with Crippen molar-refractivity contribution < 1.29 is 17.2 Å². The van der Waals surface area contributed by atoms with E-state index in [9.17, 15) is 13.0 Å². The van der Waals surface area contributed by atoms with Gasteiger partial charge in [-0.3, -0.25) is 4.55 Å². The molecule has 4 aliphatic carbocycles. The molecular formula is C36H66O4S. The summed E-state index contributed by atoms with van der Waals surface area (Å²) in [5, 5.41) is 0. The number of terminal acetylenes is 2. The van der Waals surface area contributed by atoms with Crippen molar-refractivity contribution in [2.24, 2.45) is 58.2 Å². The predicted octanol–water partition coefficient (Wildman–Crippen LogP) is 10.1. The van der Waals surface area contributed by atoms with Gasteiger partial charge in [-0.1, -0.05) is 75.7 Å². The average Bonchev–Trinajstić information content (AvgIpc) is 3.32. The molecule has 0 heterocycles. The molecule has 41 heavy (non-hydrogen) atoms. The van der Waals surface area contributed by atoms with Gasteiger partial charge in [0.05, 0.1) is 6.10 Å². The molecule has 0 aliphatic heterocycles. The fourth-order valence-corrected chi connectivity index (χ4v) is 10.4. The lowest BCUT2D eigenvalue weighted by Gasteiger charge is -2.61. The molecule has 4 saturated carbocycles. The van der Waals surface area contributed by atoms with Crippen LogP contribution in [0.4, 0.5) is 0 Å². The van der Waals surface area contributed by atoms with Crippen molar-refractivity contribution in [2.75, 3.05) is 0 Å². The Kier molecular flexibility index (Phi) is 17.5. The van der Waals surface area contributed by atoms with Gasteiger partial charge in [-0.05, 0) is 122 Å². The van der Waals surface area contributed by atoms with E-state index in [1.54, 1.807) is 0 Å². The van der Waals surface area contributed by atoms with Crippen molar-refractivity contribution in [1.82, 2.24) is 0 Å². The number of hydrogen-bond acceptors (Lipinski definition) is 3. The maximum absolute atomic E-state index is 11.3. The van der Waals surface area contributed by atoms with Crippen molar-refractivity contribution in [2.45, 2.75) is 146 Å². The average molecular weight is 595 g/mol. The van der Waals surface area contributed by atoms with Gasteiger partial charge in [0.25, 0.3) is 0 Å². The highest BCUT2D eigenvalue weighted by Gasteiger charge is 2.60. The van der Waals surface area contributed by atoms with Gasteiger partial charge in [0, 0.05) is 0 Å². The van der Waals surface area contributed by atoms with E-state index in [0.29, 0.717) is 23.2 Å². The highest BCUT2D eigenvalue weighted by Crippen LogP contribution is 2.68. The second-order valence-electron chi connectivity index (χ2n) is 13.6. The second kappa shape index (κ2) is 18.0. The lowest BCUT2D eigenvalue weighted by Crippen LogP contribution is -2.53. The molecular weight excluding hydrogens is 528 g/mol. The van der Waals surface area contributed by atoms with Crippen LogP contribution in [0.25, 0.3) is 0 Å². The summed E-state index contributed by atoms with van der Waals surface area (Å²) in [5.74, 6) is 5.95. The van der Waals surface area contributed by atoms with E-state index < -0.39 is 16.5 Å². The van der Waals surface area contributed by atoms with E-state index in [-0.39, 0.29) is 5.92 Å². The Morgan fingerprint density at radius 1 is 0.805 bits per heavy atom. The first-order chi connectivity index (χ1) is 19.3. The summed E-state index contributed by atoms with van der Waals surface area (Å²) < 4.78 is 36.8. The third kappa shape index (κ3) is 9.49. The molecule has 0 amide bonds.